The van der Waals surface area contributed by atoms with Crippen LogP contribution in [0, 0.1) is 17.2 Å². The van der Waals surface area contributed by atoms with E-state index in [9.17, 15) is 9.59 Å². The van der Waals surface area contributed by atoms with Gasteiger partial charge in [-0.15, -0.1) is 0 Å². The van der Waals surface area contributed by atoms with Gasteiger partial charge in [0.15, 0.2) is 0 Å². The lowest BCUT2D eigenvalue weighted by Crippen LogP contribution is -2.49. The average Bonchev–Trinajstić information content (AvgIpc) is 2.84. The number of rotatable bonds is 3. The topological polar surface area (TPSA) is 66.1 Å². The molecule has 0 spiro atoms. The number of hydrogen-bond donors (Lipinski definition) is 0. The van der Waals surface area contributed by atoms with Crippen LogP contribution in [-0.4, -0.2) is 28.5 Å². The first kappa shape index (κ1) is 21.2. The van der Waals surface area contributed by atoms with Crippen LogP contribution < -0.4 is 5.56 Å². The predicted molar refractivity (Wildman–Crippen MR) is 129 cm³/mol. The molecular weight excluding hydrogens is 434 g/mol. The molecule has 2 atom stereocenters. The van der Waals surface area contributed by atoms with E-state index in [1.165, 1.54) is 0 Å². The average molecular weight is 456 g/mol. The normalized spacial score (nSPS) is 19.2. The molecular formula is C27H22ClN3O2. The quantitative estimate of drug-likeness (QED) is 0.569. The number of hydrogen-bond acceptors (Lipinski definition) is 3. The van der Waals surface area contributed by atoms with Crippen LogP contribution in [-0.2, 0) is 6.54 Å². The summed E-state index contributed by atoms with van der Waals surface area (Å²) in [6, 6.07) is 20.0. The lowest BCUT2D eigenvalue weighted by molar-refractivity contribution is 0.0594. The maximum Gasteiger partial charge on any atom is 0.253 e. The Kier molecular flexibility index (Phi) is 5.62. The summed E-state index contributed by atoms with van der Waals surface area (Å²) in [6.07, 6.45) is 5.02. The molecule has 1 amide bonds. The summed E-state index contributed by atoms with van der Waals surface area (Å²) in [4.78, 5) is 27.8. The van der Waals surface area contributed by atoms with Crippen molar-refractivity contribution < 1.29 is 4.79 Å². The minimum absolute atomic E-state index is 0.00946. The Morgan fingerprint density at radius 2 is 1.73 bits per heavy atom. The fourth-order valence-electron chi connectivity index (χ4n) is 4.98. The van der Waals surface area contributed by atoms with E-state index >= 15 is 0 Å². The Morgan fingerprint density at radius 3 is 2.45 bits per heavy atom. The van der Waals surface area contributed by atoms with Gasteiger partial charge in [0, 0.05) is 47.9 Å². The van der Waals surface area contributed by atoms with Crippen molar-refractivity contribution in [1.29, 1.82) is 5.26 Å². The van der Waals surface area contributed by atoms with Crippen molar-refractivity contribution >= 4 is 29.7 Å². The molecule has 1 saturated heterocycles. The molecule has 3 aromatic rings. The van der Waals surface area contributed by atoms with Crippen molar-refractivity contribution in [2.24, 2.45) is 5.92 Å². The molecule has 1 aromatic heterocycles. The Balaban J connectivity index is 1.45. The van der Waals surface area contributed by atoms with Crippen LogP contribution in [0.3, 0.4) is 0 Å². The van der Waals surface area contributed by atoms with E-state index in [0.29, 0.717) is 35.8 Å². The van der Waals surface area contributed by atoms with Gasteiger partial charge in [0.25, 0.3) is 11.5 Å². The number of benzene rings is 2. The Morgan fingerprint density at radius 1 is 0.970 bits per heavy atom. The van der Waals surface area contributed by atoms with E-state index in [2.05, 4.69) is 6.07 Å². The van der Waals surface area contributed by atoms with E-state index in [1.54, 1.807) is 30.3 Å². The summed E-state index contributed by atoms with van der Waals surface area (Å²) < 4.78 is 1.89. The van der Waals surface area contributed by atoms with Crippen LogP contribution >= 0.6 is 11.6 Å². The van der Waals surface area contributed by atoms with Gasteiger partial charge in [0.2, 0.25) is 0 Å². The molecule has 0 radical (unpaired) electrons. The van der Waals surface area contributed by atoms with Gasteiger partial charge in [0.1, 0.15) is 0 Å². The van der Waals surface area contributed by atoms with Gasteiger partial charge in [-0.25, -0.2) is 0 Å². The van der Waals surface area contributed by atoms with Gasteiger partial charge >= 0.3 is 0 Å². The summed E-state index contributed by atoms with van der Waals surface area (Å²) >= 11 is 5.99. The molecule has 0 saturated carbocycles. The highest BCUT2D eigenvalue weighted by Gasteiger charge is 2.37. The number of amides is 1. The van der Waals surface area contributed by atoms with Crippen molar-refractivity contribution in [3.8, 4) is 6.07 Å². The minimum atomic E-state index is -0.0285. The maximum absolute atomic E-state index is 13.2. The highest BCUT2D eigenvalue weighted by Crippen LogP contribution is 2.37. The molecule has 5 nitrogen and oxygen atoms in total. The molecule has 2 aliphatic heterocycles. The second-order valence-electron chi connectivity index (χ2n) is 8.71. The number of pyridine rings is 1. The number of likely N-dealkylation sites (tertiary alicyclic amines) is 1. The monoisotopic (exact) mass is 455 g/mol. The van der Waals surface area contributed by atoms with Crippen molar-refractivity contribution in [2.75, 3.05) is 13.1 Å². The van der Waals surface area contributed by atoms with Gasteiger partial charge in [-0.1, -0.05) is 35.9 Å². The number of nitrogens with zero attached hydrogens (tertiary/aromatic N) is 3. The van der Waals surface area contributed by atoms with E-state index in [0.717, 1.165) is 23.2 Å². The highest BCUT2D eigenvalue weighted by atomic mass is 35.5. The fourth-order valence-corrected chi connectivity index (χ4v) is 5.11. The summed E-state index contributed by atoms with van der Waals surface area (Å²) in [5.74, 6) is 0.310. The maximum atomic E-state index is 13.2. The molecule has 3 heterocycles. The van der Waals surface area contributed by atoms with Gasteiger partial charge in [-0.2, -0.15) is 5.26 Å². The molecule has 6 heteroatoms. The number of piperidine rings is 1. The molecule has 2 unspecified atom stereocenters. The molecule has 2 aliphatic rings. The first-order valence-corrected chi connectivity index (χ1v) is 11.4. The molecule has 164 valence electrons. The standard InChI is InChI=1S/C27H22ClN3O2/c28-24-10-4-18(5-11-24)1-6-21-9-12-25(32)31-16-20-13-23(26(21)31)17-30(15-20)27(33)22-7-2-19(14-29)3-8-22/h1-12,20,23H,13,15-17H2. The van der Waals surface area contributed by atoms with Gasteiger partial charge in [-0.3, -0.25) is 9.59 Å². The molecule has 33 heavy (non-hydrogen) atoms. The zero-order chi connectivity index (χ0) is 22.9. The third-order valence-electron chi connectivity index (χ3n) is 6.50. The number of aromatic nitrogens is 1. The molecule has 5 rings (SSSR count). The van der Waals surface area contributed by atoms with Crippen LogP contribution in [0.4, 0.5) is 0 Å². The Labute approximate surface area is 197 Å². The highest BCUT2D eigenvalue weighted by molar-refractivity contribution is 6.30. The molecule has 0 aliphatic carbocycles. The van der Waals surface area contributed by atoms with Gasteiger partial charge in [0.05, 0.1) is 11.6 Å². The molecule has 2 aromatic carbocycles. The smallest absolute Gasteiger partial charge is 0.253 e. The number of carbonyl (C=O) groups is 1. The van der Waals surface area contributed by atoms with Crippen molar-refractivity contribution in [1.82, 2.24) is 9.47 Å². The number of fused-ring (bicyclic) bond motifs is 4. The van der Waals surface area contributed by atoms with Crippen LogP contribution in [0.5, 0.6) is 0 Å². The Bertz CT molecular complexity index is 1330. The first-order chi connectivity index (χ1) is 16.0. The lowest BCUT2D eigenvalue weighted by atomic mass is 9.81. The number of nitriles is 1. The van der Waals surface area contributed by atoms with Gasteiger partial charge in [-0.05, 0) is 65.9 Å². The van der Waals surface area contributed by atoms with Crippen molar-refractivity contribution in [3.05, 3.63) is 104 Å². The van der Waals surface area contributed by atoms with E-state index in [4.69, 9.17) is 16.9 Å². The van der Waals surface area contributed by atoms with Gasteiger partial charge < -0.3 is 9.47 Å². The zero-order valence-electron chi connectivity index (χ0n) is 17.9. The van der Waals surface area contributed by atoms with E-state index < -0.39 is 0 Å². The fraction of sp³-hybridized carbons (Fsp3) is 0.222. The third kappa shape index (κ3) is 4.22. The summed E-state index contributed by atoms with van der Waals surface area (Å²) in [6.45, 7) is 1.82. The van der Waals surface area contributed by atoms with Crippen LogP contribution in [0.2, 0.25) is 5.02 Å². The first-order valence-electron chi connectivity index (χ1n) is 11.0. The van der Waals surface area contributed by atoms with Crippen LogP contribution in [0.1, 0.15) is 45.1 Å². The third-order valence-corrected chi connectivity index (χ3v) is 6.75. The summed E-state index contributed by atoms with van der Waals surface area (Å²) in [7, 11) is 0. The van der Waals surface area contributed by atoms with Crippen molar-refractivity contribution in [2.45, 2.75) is 18.9 Å². The van der Waals surface area contributed by atoms with E-state index in [-0.39, 0.29) is 23.3 Å². The van der Waals surface area contributed by atoms with E-state index in [1.807, 2.05) is 52.0 Å². The second kappa shape index (κ2) is 8.73. The van der Waals surface area contributed by atoms with Crippen LogP contribution in [0.25, 0.3) is 12.2 Å². The Hall–Kier alpha value is -3.62. The van der Waals surface area contributed by atoms with Crippen molar-refractivity contribution in [3.63, 3.8) is 0 Å². The zero-order valence-corrected chi connectivity index (χ0v) is 18.7. The second-order valence-corrected chi connectivity index (χ2v) is 9.14. The van der Waals surface area contributed by atoms with Crippen LogP contribution in [0.15, 0.2) is 65.5 Å². The predicted octanol–water partition coefficient (Wildman–Crippen LogP) is 4.80. The molecule has 2 bridgehead atoms. The number of halogens is 1. The SMILES string of the molecule is N#Cc1ccc(C(=O)N2CC3CC(C2)c2c(C=Cc4ccc(Cl)cc4)ccc(=O)n2C3)cc1. The molecule has 0 N–H and O–H groups in total. The minimum Gasteiger partial charge on any atom is -0.338 e. The number of carbonyl (C=O) groups excluding carboxylic acids is 1. The largest absolute Gasteiger partial charge is 0.338 e. The molecule has 1 fully saturated rings. The lowest BCUT2D eigenvalue weighted by Gasteiger charge is -2.43. The summed E-state index contributed by atoms with van der Waals surface area (Å²) in [5, 5.41) is 9.70. The summed E-state index contributed by atoms with van der Waals surface area (Å²) in [5.41, 5.74) is 4.16.